The third-order valence-corrected chi connectivity index (χ3v) is 3.43. The van der Waals surface area contributed by atoms with E-state index in [2.05, 4.69) is 5.32 Å². The molecule has 1 aromatic rings. The number of hydrogen-bond donors (Lipinski definition) is 2. The van der Waals surface area contributed by atoms with E-state index in [0.717, 1.165) is 19.3 Å². The summed E-state index contributed by atoms with van der Waals surface area (Å²) in [6.45, 7) is 0.358. The second-order valence-electron chi connectivity index (χ2n) is 4.44. The third kappa shape index (κ3) is 3.15. The second kappa shape index (κ2) is 6.07. The van der Waals surface area contributed by atoms with E-state index in [1.165, 1.54) is 0 Å². The molecule has 0 radical (unpaired) electrons. The maximum Gasteiger partial charge on any atom is 0.322 e. The maximum atomic E-state index is 12.1. The van der Waals surface area contributed by atoms with E-state index in [1.54, 1.807) is 29.2 Å². The lowest BCUT2D eigenvalue weighted by molar-refractivity contribution is 0.127. The summed E-state index contributed by atoms with van der Waals surface area (Å²) in [5.74, 6) is 0. The van der Waals surface area contributed by atoms with Crippen LogP contribution in [0.3, 0.4) is 0 Å². The molecule has 0 bridgehead atoms. The largest absolute Gasteiger partial charge is 0.395 e. The number of nitrogens with one attached hydrogen (secondary N) is 1. The van der Waals surface area contributed by atoms with Gasteiger partial charge in [0.1, 0.15) is 0 Å². The lowest BCUT2D eigenvalue weighted by atomic mass is 9.92. The van der Waals surface area contributed by atoms with E-state index in [4.69, 9.17) is 16.7 Å². The molecule has 0 aromatic heterocycles. The first-order valence-electron chi connectivity index (χ1n) is 6.15. The Balaban J connectivity index is 2.00. The highest BCUT2D eigenvalue weighted by atomic mass is 35.5. The second-order valence-corrected chi connectivity index (χ2v) is 4.88. The lowest BCUT2D eigenvalue weighted by Crippen LogP contribution is -2.47. The van der Waals surface area contributed by atoms with Crippen molar-refractivity contribution in [2.45, 2.75) is 25.3 Å². The minimum atomic E-state index is -0.170. The van der Waals surface area contributed by atoms with Gasteiger partial charge in [0.2, 0.25) is 0 Å². The zero-order chi connectivity index (χ0) is 13.0. The summed E-state index contributed by atoms with van der Waals surface area (Å²) >= 11 is 5.87. The number of carbonyl (C=O) groups excluding carboxylic acids is 1. The fraction of sp³-hybridized carbons (Fsp3) is 0.462. The van der Waals surface area contributed by atoms with Crippen LogP contribution in [0.2, 0.25) is 5.02 Å². The van der Waals surface area contributed by atoms with Gasteiger partial charge in [-0.2, -0.15) is 0 Å². The highest BCUT2D eigenvalue weighted by Crippen LogP contribution is 2.25. The van der Waals surface area contributed by atoms with E-state index in [0.29, 0.717) is 17.3 Å². The van der Waals surface area contributed by atoms with Crippen molar-refractivity contribution in [3.63, 3.8) is 0 Å². The third-order valence-electron chi connectivity index (χ3n) is 3.19. The minimum absolute atomic E-state index is 0.0144. The number of hydrogen-bond acceptors (Lipinski definition) is 2. The van der Waals surface area contributed by atoms with E-state index in [1.807, 2.05) is 0 Å². The number of aliphatic hydroxyl groups is 1. The molecule has 98 valence electrons. The van der Waals surface area contributed by atoms with Crippen molar-refractivity contribution in [1.29, 1.82) is 0 Å². The number of amides is 2. The van der Waals surface area contributed by atoms with Crippen LogP contribution in [0.5, 0.6) is 0 Å². The molecule has 1 aliphatic rings. The molecule has 5 heteroatoms. The molecular weight excluding hydrogens is 252 g/mol. The Kier molecular flexibility index (Phi) is 4.44. The normalized spacial score (nSPS) is 15.0. The van der Waals surface area contributed by atoms with Crippen molar-refractivity contribution in [1.82, 2.24) is 4.90 Å². The molecule has 4 nitrogen and oxygen atoms in total. The number of aliphatic hydroxyl groups excluding tert-OH is 1. The van der Waals surface area contributed by atoms with Crippen LogP contribution in [-0.4, -0.2) is 35.2 Å². The van der Waals surface area contributed by atoms with Gasteiger partial charge in [0, 0.05) is 23.3 Å². The van der Waals surface area contributed by atoms with Gasteiger partial charge in [0.05, 0.1) is 6.61 Å². The Bertz CT molecular complexity index is 421. The number of rotatable bonds is 4. The highest BCUT2D eigenvalue weighted by Gasteiger charge is 2.28. The van der Waals surface area contributed by atoms with Crippen LogP contribution in [0.15, 0.2) is 24.3 Å². The van der Waals surface area contributed by atoms with Gasteiger partial charge < -0.3 is 15.3 Å². The Labute approximate surface area is 112 Å². The molecule has 2 amide bonds. The molecule has 1 saturated carbocycles. The Hall–Kier alpha value is -1.26. The number of carbonyl (C=O) groups is 1. The van der Waals surface area contributed by atoms with Crippen LogP contribution in [0, 0.1) is 0 Å². The Morgan fingerprint density at radius 2 is 2.28 bits per heavy atom. The molecule has 0 atom stereocenters. The van der Waals surface area contributed by atoms with Gasteiger partial charge in [0.25, 0.3) is 0 Å². The first-order chi connectivity index (χ1) is 8.70. The van der Waals surface area contributed by atoms with Crippen molar-refractivity contribution < 1.29 is 9.90 Å². The van der Waals surface area contributed by atoms with Gasteiger partial charge in [-0.1, -0.05) is 17.7 Å². The van der Waals surface area contributed by atoms with Crippen molar-refractivity contribution in [3.05, 3.63) is 29.3 Å². The lowest BCUT2D eigenvalue weighted by Gasteiger charge is -2.37. The van der Waals surface area contributed by atoms with Gasteiger partial charge in [-0.15, -0.1) is 0 Å². The molecule has 2 N–H and O–H groups in total. The predicted octanol–water partition coefficient (Wildman–Crippen LogP) is 2.72. The minimum Gasteiger partial charge on any atom is -0.395 e. The molecule has 0 saturated heterocycles. The van der Waals surface area contributed by atoms with Crippen LogP contribution in [0.4, 0.5) is 10.5 Å². The number of nitrogens with zero attached hydrogens (tertiary/aromatic N) is 1. The van der Waals surface area contributed by atoms with Crippen molar-refractivity contribution in [2.75, 3.05) is 18.5 Å². The SMILES string of the molecule is O=C(Nc1cccc(Cl)c1)N(CCO)C1CCC1. The van der Waals surface area contributed by atoms with Gasteiger partial charge in [-0.25, -0.2) is 4.79 Å². The average molecular weight is 269 g/mol. The fourth-order valence-corrected chi connectivity index (χ4v) is 2.21. The summed E-state index contributed by atoms with van der Waals surface area (Å²) in [7, 11) is 0. The van der Waals surface area contributed by atoms with Crippen LogP contribution in [0.25, 0.3) is 0 Å². The van der Waals surface area contributed by atoms with Gasteiger partial charge >= 0.3 is 6.03 Å². The maximum absolute atomic E-state index is 12.1. The first kappa shape index (κ1) is 13.2. The van der Waals surface area contributed by atoms with Crippen LogP contribution >= 0.6 is 11.6 Å². The standard InChI is InChI=1S/C13H17ClN2O2/c14-10-3-1-4-11(9-10)15-13(18)16(7-8-17)12-5-2-6-12/h1,3-4,9,12,17H,2,5-8H2,(H,15,18). The number of urea groups is 1. The molecule has 0 unspecified atom stereocenters. The van der Waals surface area contributed by atoms with Gasteiger partial charge in [-0.05, 0) is 37.5 Å². The molecule has 18 heavy (non-hydrogen) atoms. The zero-order valence-corrected chi connectivity index (χ0v) is 10.9. The summed E-state index contributed by atoms with van der Waals surface area (Å²) in [6.07, 6.45) is 3.18. The predicted molar refractivity (Wildman–Crippen MR) is 71.9 cm³/mol. The van der Waals surface area contributed by atoms with Crippen molar-refractivity contribution in [3.8, 4) is 0 Å². The van der Waals surface area contributed by atoms with E-state index < -0.39 is 0 Å². The van der Waals surface area contributed by atoms with Crippen LogP contribution < -0.4 is 5.32 Å². The summed E-state index contributed by atoms with van der Waals surface area (Å²) in [5, 5.41) is 12.4. The van der Waals surface area contributed by atoms with Crippen LogP contribution in [-0.2, 0) is 0 Å². The van der Waals surface area contributed by atoms with Crippen molar-refractivity contribution in [2.24, 2.45) is 0 Å². The van der Waals surface area contributed by atoms with Crippen molar-refractivity contribution >= 4 is 23.3 Å². The number of halogens is 1. The number of benzene rings is 1. The molecule has 0 spiro atoms. The summed E-state index contributed by atoms with van der Waals surface area (Å²) in [4.78, 5) is 13.8. The molecule has 1 aromatic carbocycles. The molecule has 2 rings (SSSR count). The first-order valence-corrected chi connectivity index (χ1v) is 6.52. The quantitative estimate of drug-likeness (QED) is 0.882. The van der Waals surface area contributed by atoms with E-state index >= 15 is 0 Å². The fourth-order valence-electron chi connectivity index (χ4n) is 2.02. The van der Waals surface area contributed by atoms with Gasteiger partial charge in [0.15, 0.2) is 0 Å². The van der Waals surface area contributed by atoms with E-state index in [9.17, 15) is 4.79 Å². The van der Waals surface area contributed by atoms with Gasteiger partial charge in [-0.3, -0.25) is 0 Å². The molecule has 0 heterocycles. The summed E-state index contributed by atoms with van der Waals surface area (Å²) in [5.41, 5.74) is 0.676. The molecular formula is C13H17ClN2O2. The Morgan fingerprint density at radius 3 is 2.83 bits per heavy atom. The van der Waals surface area contributed by atoms with Crippen LogP contribution in [0.1, 0.15) is 19.3 Å². The summed E-state index contributed by atoms with van der Waals surface area (Å²) < 4.78 is 0. The molecule has 1 fully saturated rings. The zero-order valence-electron chi connectivity index (χ0n) is 10.1. The topological polar surface area (TPSA) is 52.6 Å². The molecule has 1 aliphatic carbocycles. The monoisotopic (exact) mass is 268 g/mol. The Morgan fingerprint density at radius 1 is 1.50 bits per heavy atom. The molecule has 0 aliphatic heterocycles. The number of anilines is 1. The average Bonchev–Trinajstić information content (AvgIpc) is 2.26. The van der Waals surface area contributed by atoms with E-state index in [-0.39, 0.29) is 18.7 Å². The summed E-state index contributed by atoms with van der Waals surface area (Å²) in [6, 6.07) is 7.14. The highest BCUT2D eigenvalue weighted by molar-refractivity contribution is 6.30. The smallest absolute Gasteiger partial charge is 0.322 e.